The molecule has 1 N–H and O–H groups in total. The lowest BCUT2D eigenvalue weighted by Gasteiger charge is -2.14. The summed E-state index contributed by atoms with van der Waals surface area (Å²) in [5.41, 5.74) is 2.21. The standard InChI is InChI=1S/C16H21N3O2S2/c1-5-6-22-16-19-18-15(23-16)17-14(20)12(4)21-13-8-10(2)7-11(3)9-13/h7-9,12H,5-6H2,1-4H3,(H,17,18,20). The smallest absolute Gasteiger partial charge is 0.266 e. The van der Waals surface area contributed by atoms with Crippen LogP contribution in [0.15, 0.2) is 22.5 Å². The number of carbonyl (C=O) groups is 1. The van der Waals surface area contributed by atoms with Gasteiger partial charge >= 0.3 is 0 Å². The van der Waals surface area contributed by atoms with Crippen molar-refractivity contribution in [3.05, 3.63) is 29.3 Å². The van der Waals surface area contributed by atoms with E-state index in [1.807, 2.05) is 26.0 Å². The predicted octanol–water partition coefficient (Wildman–Crippen LogP) is 4.06. The van der Waals surface area contributed by atoms with Gasteiger partial charge in [0.1, 0.15) is 5.75 Å². The van der Waals surface area contributed by atoms with Crippen LogP contribution in [0.4, 0.5) is 5.13 Å². The van der Waals surface area contributed by atoms with E-state index in [0.717, 1.165) is 27.6 Å². The van der Waals surface area contributed by atoms with Crippen LogP contribution in [0, 0.1) is 13.8 Å². The lowest BCUT2D eigenvalue weighted by atomic mass is 10.1. The highest BCUT2D eigenvalue weighted by Gasteiger charge is 2.17. The number of aryl methyl sites for hydroxylation is 2. The van der Waals surface area contributed by atoms with Crippen molar-refractivity contribution in [1.82, 2.24) is 10.2 Å². The Hall–Kier alpha value is -1.60. The summed E-state index contributed by atoms with van der Waals surface area (Å²) in [4.78, 5) is 12.2. The first-order valence-electron chi connectivity index (χ1n) is 7.50. The summed E-state index contributed by atoms with van der Waals surface area (Å²) in [6.45, 7) is 7.84. The maximum atomic E-state index is 12.2. The number of benzene rings is 1. The van der Waals surface area contributed by atoms with Gasteiger partial charge in [-0.25, -0.2) is 0 Å². The molecule has 5 nitrogen and oxygen atoms in total. The molecule has 0 aliphatic rings. The van der Waals surface area contributed by atoms with Gasteiger partial charge in [0.25, 0.3) is 5.91 Å². The second kappa shape index (κ2) is 8.31. The highest BCUT2D eigenvalue weighted by Crippen LogP contribution is 2.26. The molecule has 1 aromatic heterocycles. The Morgan fingerprint density at radius 1 is 1.30 bits per heavy atom. The van der Waals surface area contributed by atoms with Crippen LogP contribution >= 0.6 is 23.1 Å². The van der Waals surface area contributed by atoms with E-state index in [-0.39, 0.29) is 5.91 Å². The first-order valence-corrected chi connectivity index (χ1v) is 9.30. The quantitative estimate of drug-likeness (QED) is 0.602. The van der Waals surface area contributed by atoms with Crippen molar-refractivity contribution in [3.63, 3.8) is 0 Å². The maximum Gasteiger partial charge on any atom is 0.266 e. The van der Waals surface area contributed by atoms with E-state index in [0.29, 0.717) is 10.9 Å². The normalized spacial score (nSPS) is 12.0. The zero-order valence-electron chi connectivity index (χ0n) is 13.8. The molecule has 0 aliphatic carbocycles. The van der Waals surface area contributed by atoms with Gasteiger partial charge in [-0.15, -0.1) is 10.2 Å². The average molecular weight is 351 g/mol. The lowest BCUT2D eigenvalue weighted by Crippen LogP contribution is -2.30. The van der Waals surface area contributed by atoms with Gasteiger partial charge in [-0.1, -0.05) is 36.1 Å². The van der Waals surface area contributed by atoms with Gasteiger partial charge in [-0.2, -0.15) is 0 Å². The number of amides is 1. The van der Waals surface area contributed by atoms with Gasteiger partial charge in [0, 0.05) is 5.75 Å². The van der Waals surface area contributed by atoms with Crippen LogP contribution in [0.5, 0.6) is 5.75 Å². The third-order valence-corrected chi connectivity index (χ3v) is 5.12. The Morgan fingerprint density at radius 3 is 2.65 bits per heavy atom. The molecule has 0 spiro atoms. The molecule has 0 fully saturated rings. The van der Waals surface area contributed by atoms with E-state index in [9.17, 15) is 4.79 Å². The van der Waals surface area contributed by atoms with Gasteiger partial charge < -0.3 is 4.74 Å². The van der Waals surface area contributed by atoms with E-state index >= 15 is 0 Å². The van der Waals surface area contributed by atoms with Crippen LogP contribution in [0.25, 0.3) is 0 Å². The van der Waals surface area contributed by atoms with Crippen molar-refractivity contribution < 1.29 is 9.53 Å². The molecule has 2 aromatic rings. The maximum absolute atomic E-state index is 12.2. The second-order valence-electron chi connectivity index (χ2n) is 5.29. The van der Waals surface area contributed by atoms with Crippen LogP contribution < -0.4 is 10.1 Å². The molecule has 23 heavy (non-hydrogen) atoms. The Labute approximate surface area is 144 Å². The number of nitrogens with zero attached hydrogens (tertiary/aromatic N) is 2. The van der Waals surface area contributed by atoms with Gasteiger partial charge in [-0.05, 0) is 50.5 Å². The number of nitrogens with one attached hydrogen (secondary N) is 1. The number of hydrogen-bond acceptors (Lipinski definition) is 6. The summed E-state index contributed by atoms with van der Waals surface area (Å²) in [5.74, 6) is 1.46. The Bertz CT molecular complexity index is 653. The minimum absolute atomic E-state index is 0.229. The van der Waals surface area contributed by atoms with Gasteiger partial charge in [0.05, 0.1) is 0 Å². The number of hydrogen-bond donors (Lipinski definition) is 1. The first-order chi connectivity index (χ1) is 11.0. The molecule has 0 radical (unpaired) electrons. The highest BCUT2D eigenvalue weighted by molar-refractivity contribution is 8.01. The molecule has 0 saturated heterocycles. The van der Waals surface area contributed by atoms with Crippen LogP contribution in [0.1, 0.15) is 31.4 Å². The zero-order chi connectivity index (χ0) is 16.8. The van der Waals surface area contributed by atoms with E-state index < -0.39 is 6.10 Å². The Balaban J connectivity index is 1.93. The highest BCUT2D eigenvalue weighted by atomic mass is 32.2. The lowest BCUT2D eigenvalue weighted by molar-refractivity contribution is -0.122. The Kier molecular flexibility index (Phi) is 6.41. The number of carbonyl (C=O) groups excluding carboxylic acids is 1. The molecule has 0 bridgehead atoms. The fraction of sp³-hybridized carbons (Fsp3) is 0.438. The minimum Gasteiger partial charge on any atom is -0.481 e. The summed E-state index contributed by atoms with van der Waals surface area (Å²) in [6.07, 6.45) is 0.471. The molecule has 1 amide bonds. The van der Waals surface area contributed by atoms with Crippen molar-refractivity contribution in [2.75, 3.05) is 11.1 Å². The summed E-state index contributed by atoms with van der Waals surface area (Å²) >= 11 is 3.03. The van der Waals surface area contributed by atoms with Crippen molar-refractivity contribution in [3.8, 4) is 5.75 Å². The van der Waals surface area contributed by atoms with Gasteiger partial charge in [-0.3, -0.25) is 10.1 Å². The largest absolute Gasteiger partial charge is 0.481 e. The average Bonchev–Trinajstić information content (AvgIpc) is 2.91. The minimum atomic E-state index is -0.605. The van der Waals surface area contributed by atoms with Gasteiger partial charge in [0.2, 0.25) is 5.13 Å². The molecule has 0 saturated carbocycles. The predicted molar refractivity (Wildman–Crippen MR) is 95.6 cm³/mol. The summed E-state index contributed by atoms with van der Waals surface area (Å²) in [7, 11) is 0. The molecular formula is C16H21N3O2S2. The topological polar surface area (TPSA) is 64.1 Å². The van der Waals surface area contributed by atoms with E-state index in [1.165, 1.54) is 11.3 Å². The van der Waals surface area contributed by atoms with Crippen LogP contribution in [0.2, 0.25) is 0 Å². The van der Waals surface area contributed by atoms with E-state index in [2.05, 4.69) is 28.5 Å². The molecule has 1 heterocycles. The number of ether oxygens (including phenoxy) is 1. The van der Waals surface area contributed by atoms with Crippen molar-refractivity contribution in [2.45, 2.75) is 44.6 Å². The second-order valence-corrected chi connectivity index (χ2v) is 7.61. The van der Waals surface area contributed by atoms with Gasteiger partial charge in [0.15, 0.2) is 10.4 Å². The molecule has 1 atom stereocenters. The number of thioether (sulfide) groups is 1. The van der Waals surface area contributed by atoms with Crippen LogP contribution in [-0.2, 0) is 4.79 Å². The van der Waals surface area contributed by atoms with E-state index in [4.69, 9.17) is 4.74 Å². The Morgan fingerprint density at radius 2 is 2.00 bits per heavy atom. The molecule has 124 valence electrons. The van der Waals surface area contributed by atoms with E-state index in [1.54, 1.807) is 18.7 Å². The van der Waals surface area contributed by atoms with Crippen LogP contribution in [0.3, 0.4) is 0 Å². The summed E-state index contributed by atoms with van der Waals surface area (Å²) in [5, 5.41) is 11.3. The van der Waals surface area contributed by atoms with Crippen molar-refractivity contribution in [1.29, 1.82) is 0 Å². The molecule has 2 rings (SSSR count). The number of aromatic nitrogens is 2. The third kappa shape index (κ3) is 5.51. The molecular weight excluding hydrogens is 330 g/mol. The summed E-state index contributed by atoms with van der Waals surface area (Å²) in [6, 6.07) is 5.90. The zero-order valence-corrected chi connectivity index (χ0v) is 15.4. The fourth-order valence-corrected chi connectivity index (χ4v) is 3.65. The SMILES string of the molecule is CCCSc1nnc(NC(=O)C(C)Oc2cc(C)cc(C)c2)s1. The van der Waals surface area contributed by atoms with Crippen molar-refractivity contribution in [2.24, 2.45) is 0 Å². The number of rotatable bonds is 7. The van der Waals surface area contributed by atoms with Crippen LogP contribution in [-0.4, -0.2) is 28.0 Å². The molecule has 1 aromatic carbocycles. The fourth-order valence-electron chi connectivity index (χ4n) is 1.97. The molecule has 7 heteroatoms. The van der Waals surface area contributed by atoms with Crippen molar-refractivity contribution >= 4 is 34.1 Å². The monoisotopic (exact) mass is 351 g/mol. The third-order valence-electron chi connectivity index (χ3n) is 2.94. The summed E-state index contributed by atoms with van der Waals surface area (Å²) < 4.78 is 6.59. The molecule has 0 aliphatic heterocycles. The number of anilines is 1. The first kappa shape index (κ1) is 17.7. The molecule has 1 unspecified atom stereocenters.